The number of oxime groups is 1. The lowest BCUT2D eigenvalue weighted by atomic mass is 9.99. The van der Waals surface area contributed by atoms with Crippen molar-refractivity contribution in [3.8, 4) is 0 Å². The van der Waals surface area contributed by atoms with Crippen LogP contribution in [0.15, 0.2) is 11.2 Å². The predicted molar refractivity (Wildman–Crippen MR) is 82.4 cm³/mol. The van der Waals surface area contributed by atoms with Gasteiger partial charge in [0.15, 0.2) is 0 Å². The van der Waals surface area contributed by atoms with E-state index < -0.39 is 5.60 Å². The van der Waals surface area contributed by atoms with Gasteiger partial charge in [-0.1, -0.05) is 19.0 Å². The third-order valence-corrected chi connectivity index (χ3v) is 3.86. The van der Waals surface area contributed by atoms with Gasteiger partial charge >= 0.3 is 0 Å². The van der Waals surface area contributed by atoms with E-state index in [9.17, 15) is 4.79 Å². The Balaban J connectivity index is 2.18. The van der Waals surface area contributed by atoms with E-state index in [4.69, 9.17) is 4.84 Å². The van der Waals surface area contributed by atoms with Gasteiger partial charge in [-0.3, -0.25) is 4.79 Å². The molecule has 21 heavy (non-hydrogen) atoms. The Labute approximate surface area is 125 Å². The molecule has 0 saturated carbocycles. The summed E-state index contributed by atoms with van der Waals surface area (Å²) in [5.74, 6) is 0.538. The van der Waals surface area contributed by atoms with Crippen LogP contribution in [0.4, 0.5) is 5.82 Å². The molecule has 0 spiro atoms. The molecule has 0 bridgehead atoms. The van der Waals surface area contributed by atoms with Crippen molar-refractivity contribution >= 4 is 17.4 Å². The van der Waals surface area contributed by atoms with Crippen LogP contribution in [0.2, 0.25) is 0 Å². The van der Waals surface area contributed by atoms with Gasteiger partial charge in [0.25, 0.3) is 5.91 Å². The average Bonchev–Trinajstić information content (AvgIpc) is 2.96. The number of carbonyl (C=O) groups excluding carboxylic acids is 1. The summed E-state index contributed by atoms with van der Waals surface area (Å²) < 4.78 is 1.90. The van der Waals surface area contributed by atoms with Gasteiger partial charge in [0.2, 0.25) is 5.60 Å². The number of amides is 1. The molecular formula is C15H24N4O2. The molecule has 6 heteroatoms. The van der Waals surface area contributed by atoms with E-state index in [1.807, 2.05) is 24.6 Å². The molecule has 1 N–H and O–H groups in total. The molecule has 0 aliphatic carbocycles. The second kappa shape index (κ2) is 5.87. The third kappa shape index (κ3) is 3.09. The quantitative estimate of drug-likeness (QED) is 0.907. The molecular weight excluding hydrogens is 268 g/mol. The van der Waals surface area contributed by atoms with Gasteiger partial charge in [-0.2, -0.15) is 5.10 Å². The molecule has 1 atom stereocenters. The van der Waals surface area contributed by atoms with Crippen LogP contribution in [-0.2, 0) is 9.63 Å². The Kier molecular flexibility index (Phi) is 4.34. The maximum absolute atomic E-state index is 12.5. The van der Waals surface area contributed by atoms with Crippen molar-refractivity contribution in [1.29, 1.82) is 0 Å². The van der Waals surface area contributed by atoms with Crippen molar-refractivity contribution in [1.82, 2.24) is 9.78 Å². The summed E-state index contributed by atoms with van der Waals surface area (Å²) in [5, 5.41) is 11.3. The minimum absolute atomic E-state index is 0.185. The zero-order valence-electron chi connectivity index (χ0n) is 13.4. The molecule has 0 radical (unpaired) electrons. The van der Waals surface area contributed by atoms with Gasteiger partial charge < -0.3 is 10.2 Å². The Hall–Kier alpha value is -1.85. The van der Waals surface area contributed by atoms with Crippen molar-refractivity contribution in [2.45, 2.75) is 65.5 Å². The third-order valence-electron chi connectivity index (χ3n) is 3.86. The van der Waals surface area contributed by atoms with Gasteiger partial charge in [-0.15, -0.1) is 0 Å². The van der Waals surface area contributed by atoms with Crippen LogP contribution < -0.4 is 5.32 Å². The van der Waals surface area contributed by atoms with E-state index >= 15 is 0 Å². The second-order valence-electron chi connectivity index (χ2n) is 5.87. The van der Waals surface area contributed by atoms with Gasteiger partial charge in [0.1, 0.15) is 5.82 Å². The molecule has 1 aliphatic rings. The minimum atomic E-state index is -0.930. The highest BCUT2D eigenvalue weighted by Gasteiger charge is 2.41. The average molecular weight is 292 g/mol. The topological polar surface area (TPSA) is 68.5 Å². The second-order valence-corrected chi connectivity index (χ2v) is 5.87. The lowest BCUT2D eigenvalue weighted by Crippen LogP contribution is -2.40. The van der Waals surface area contributed by atoms with E-state index in [0.29, 0.717) is 6.42 Å². The minimum Gasteiger partial charge on any atom is -0.379 e. The molecule has 0 fully saturated rings. The number of nitrogens with zero attached hydrogens (tertiary/aromatic N) is 3. The summed E-state index contributed by atoms with van der Waals surface area (Å²) in [5.41, 5.74) is 0.792. The fourth-order valence-electron chi connectivity index (χ4n) is 2.62. The SMILES string of the molecule is CCC(CC)n1nc(C)cc1NC(=O)[C@@]1(C)CC(C)=NO1. The van der Waals surface area contributed by atoms with Crippen LogP contribution in [0.5, 0.6) is 0 Å². The Morgan fingerprint density at radius 2 is 2.14 bits per heavy atom. The molecule has 1 aliphatic heterocycles. The van der Waals surface area contributed by atoms with Crippen LogP contribution >= 0.6 is 0 Å². The first-order valence-corrected chi connectivity index (χ1v) is 7.49. The number of aryl methyl sites for hydroxylation is 1. The van der Waals surface area contributed by atoms with Crippen molar-refractivity contribution in [2.75, 3.05) is 5.32 Å². The normalized spacial score (nSPS) is 21.3. The van der Waals surface area contributed by atoms with Crippen LogP contribution in [0.3, 0.4) is 0 Å². The van der Waals surface area contributed by atoms with Gasteiger partial charge in [-0.25, -0.2) is 4.68 Å². The molecule has 1 amide bonds. The van der Waals surface area contributed by atoms with Crippen LogP contribution in [0, 0.1) is 6.92 Å². The van der Waals surface area contributed by atoms with Crippen molar-refractivity contribution in [3.05, 3.63) is 11.8 Å². The monoisotopic (exact) mass is 292 g/mol. The molecule has 0 aromatic carbocycles. The van der Waals surface area contributed by atoms with Crippen LogP contribution in [0.25, 0.3) is 0 Å². The predicted octanol–water partition coefficient (Wildman–Crippen LogP) is 3.05. The first-order chi connectivity index (χ1) is 9.89. The van der Waals surface area contributed by atoms with E-state index in [2.05, 4.69) is 29.4 Å². The highest BCUT2D eigenvalue weighted by atomic mass is 16.7. The summed E-state index contributed by atoms with van der Waals surface area (Å²) in [6.07, 6.45) is 2.45. The fourth-order valence-corrected chi connectivity index (χ4v) is 2.62. The summed E-state index contributed by atoms with van der Waals surface area (Å²) in [4.78, 5) is 17.8. The number of rotatable bonds is 5. The van der Waals surface area contributed by atoms with Gasteiger partial charge in [-0.05, 0) is 33.6 Å². The number of hydrogen-bond acceptors (Lipinski definition) is 4. The summed E-state index contributed by atoms with van der Waals surface area (Å²) in [6, 6.07) is 2.17. The van der Waals surface area contributed by atoms with Gasteiger partial charge in [0.05, 0.1) is 17.4 Å². The largest absolute Gasteiger partial charge is 0.379 e. The summed E-state index contributed by atoms with van der Waals surface area (Å²) in [7, 11) is 0. The number of aromatic nitrogens is 2. The Morgan fingerprint density at radius 1 is 1.48 bits per heavy atom. The summed E-state index contributed by atoms with van der Waals surface area (Å²) in [6.45, 7) is 9.78. The number of nitrogens with one attached hydrogen (secondary N) is 1. The van der Waals surface area contributed by atoms with E-state index in [0.717, 1.165) is 30.1 Å². The maximum atomic E-state index is 12.5. The van der Waals surface area contributed by atoms with Crippen molar-refractivity contribution < 1.29 is 9.63 Å². The lowest BCUT2D eigenvalue weighted by molar-refractivity contribution is -0.136. The van der Waals surface area contributed by atoms with Crippen molar-refractivity contribution in [2.24, 2.45) is 5.16 Å². The molecule has 116 valence electrons. The molecule has 2 heterocycles. The highest BCUT2D eigenvalue weighted by Crippen LogP contribution is 2.27. The Bertz CT molecular complexity index is 560. The first kappa shape index (κ1) is 15.5. The van der Waals surface area contributed by atoms with Crippen LogP contribution in [-0.4, -0.2) is 27.0 Å². The number of hydrogen-bond donors (Lipinski definition) is 1. The van der Waals surface area contributed by atoms with Gasteiger partial charge in [0, 0.05) is 12.5 Å². The molecule has 0 unspecified atom stereocenters. The molecule has 1 aromatic heterocycles. The van der Waals surface area contributed by atoms with E-state index in [1.165, 1.54) is 0 Å². The van der Waals surface area contributed by atoms with E-state index in [1.54, 1.807) is 6.92 Å². The standard InChI is InChI=1S/C15H24N4O2/c1-6-12(7-2)19-13(8-10(3)17-19)16-14(20)15(5)9-11(4)18-21-15/h8,12H,6-7,9H2,1-5H3,(H,16,20)/t15-/m1/s1. The molecule has 2 rings (SSSR count). The molecule has 1 aromatic rings. The number of carbonyl (C=O) groups is 1. The molecule has 0 saturated heterocycles. The van der Waals surface area contributed by atoms with Crippen LogP contribution in [0.1, 0.15) is 58.7 Å². The number of anilines is 1. The fraction of sp³-hybridized carbons (Fsp3) is 0.667. The van der Waals surface area contributed by atoms with E-state index in [-0.39, 0.29) is 11.9 Å². The lowest BCUT2D eigenvalue weighted by Gasteiger charge is -2.22. The molecule has 6 nitrogen and oxygen atoms in total. The van der Waals surface area contributed by atoms with Crippen molar-refractivity contribution in [3.63, 3.8) is 0 Å². The Morgan fingerprint density at radius 3 is 2.67 bits per heavy atom. The zero-order valence-corrected chi connectivity index (χ0v) is 13.4. The summed E-state index contributed by atoms with van der Waals surface area (Å²) >= 11 is 0. The maximum Gasteiger partial charge on any atom is 0.272 e. The highest BCUT2D eigenvalue weighted by molar-refractivity contribution is 6.01. The first-order valence-electron chi connectivity index (χ1n) is 7.49. The zero-order chi connectivity index (χ0) is 15.6. The smallest absolute Gasteiger partial charge is 0.272 e.